The zero-order valence-corrected chi connectivity index (χ0v) is 88.9. The molecule has 3 aromatic heterocycles. The fraction of sp³-hybridized carbons (Fsp3) is 0.819. The minimum Gasteiger partial charge on any atom is -0.870 e. The number of carboxylic acids is 2. The van der Waals surface area contributed by atoms with Crippen molar-refractivity contribution in [2.45, 2.75) is 376 Å². The summed E-state index contributed by atoms with van der Waals surface area (Å²) in [6, 6.07) is 7.34. The minimum absolute atomic E-state index is 0. The number of aliphatic carboxylic acids is 2. The van der Waals surface area contributed by atoms with E-state index in [1.807, 2.05) is 115 Å². The number of carboxylic acid groups (broad SMARTS) is 2. The van der Waals surface area contributed by atoms with E-state index < -0.39 is 34.3 Å². The molecule has 3 aromatic rings. The van der Waals surface area contributed by atoms with Gasteiger partial charge in [0.25, 0.3) is 0 Å². The number of nitrogen functional groups attached to an aromatic ring is 3. The molecule has 4 amide bonds. The van der Waals surface area contributed by atoms with Crippen molar-refractivity contribution in [3.8, 4) is 0 Å². The quantitative estimate of drug-likeness (QED) is 0.0110. The Morgan fingerprint density at radius 2 is 0.683 bits per heavy atom. The molecular weight excluding hydrogens is 1840 g/mol. The summed E-state index contributed by atoms with van der Waals surface area (Å²) < 4.78 is 28.1. The maximum atomic E-state index is 13.5. The zero-order valence-electron chi connectivity index (χ0n) is 88.9. The number of methoxy groups -OCH3 is 1. The topological polar surface area (TPSA) is 484 Å². The maximum Gasteiger partial charge on any atom is 1.00 e. The molecule has 6 heterocycles. The molecular formula is C105H191LiN24O15. The Balaban J connectivity index is 0.000000381. The predicted octanol–water partition coefficient (Wildman–Crippen LogP) is 13.0. The molecule has 0 radical (unpaired) electrons. The van der Waals surface area contributed by atoms with E-state index in [4.69, 9.17) is 66.1 Å². The van der Waals surface area contributed by atoms with Gasteiger partial charge in [-0.2, -0.15) is 29.9 Å². The summed E-state index contributed by atoms with van der Waals surface area (Å²) in [6.45, 7) is 40.8. The standard InChI is InChI=1S/C38H66N8O6.C37H64N8O6.C27H48N8O2.3CH4.Li.H2O/c1-37(2,3)51-35(48)45(19-11-20-46(30-12-9-8-10-13-30)36(49)52-38(4,5)6)27-28-14-16-29(17-15-28)40-34-41-31(39)26-32(42-34)44-24-22-43(23-25-44)21-18-33(47)50-7;1-36(2,3)50-34(48)44(18-10-19-45(29-11-8-7-9-12-29)35(49)51-37(4,5)6)26-27-13-15-28(16-14-27)39-33-40-30(38)25-31(41-33)43-23-21-42(22-24-43)20-17-32(46)47;28-24-19-25(35-17-15-34(16-18-35)14-11-26(36)37)33-27(32-24)31-23-9-7-21(8-10-23)20-29-12-4-13-30-22-5-2-1-3-6-22;;;;;/h26,28-30H,8-25,27H2,1-7H3,(H3,39,40,41,42);25,27-29H,7-24,26H2,1-6H3,(H,46,47)(H3,38,39,40,41);19,21-23,29-30H,1-18,20H2,(H,36,37)(H3,28,31,32,33);3*1H4;;1H2/q;;;;;;+1;/p-1. The Bertz CT molecular complexity index is 4230. The smallest absolute Gasteiger partial charge is 0.870 e. The summed E-state index contributed by atoms with van der Waals surface area (Å²) in [5, 5.41) is 35.9. The van der Waals surface area contributed by atoms with E-state index in [1.54, 1.807) is 6.07 Å². The summed E-state index contributed by atoms with van der Waals surface area (Å²) in [5.41, 5.74) is 16.2. The van der Waals surface area contributed by atoms with Crippen molar-refractivity contribution in [1.82, 2.24) is 74.8 Å². The van der Waals surface area contributed by atoms with E-state index in [-0.39, 0.29) is 114 Å². The number of hydrogen-bond donors (Lipinski definition) is 10. The Hall–Kier alpha value is -8.71. The molecule has 0 unspecified atom stereocenters. The first-order valence-corrected chi connectivity index (χ1v) is 53.2. The minimum atomic E-state index is -0.778. The van der Waals surface area contributed by atoms with Crippen molar-refractivity contribution in [2.24, 2.45) is 17.8 Å². The molecule has 0 spiro atoms. The molecule has 9 aliphatic rings. The second-order valence-electron chi connectivity index (χ2n) is 44.4. The molecule has 145 heavy (non-hydrogen) atoms. The van der Waals surface area contributed by atoms with Crippen molar-refractivity contribution >= 4 is 95.0 Å². The van der Waals surface area contributed by atoms with Gasteiger partial charge in [-0.1, -0.05) is 80.1 Å². The number of carbonyl (C=O) groups is 7. The molecule has 12 rings (SSSR count). The summed E-state index contributed by atoms with van der Waals surface area (Å²) >= 11 is 0. The third-order valence-electron chi connectivity index (χ3n) is 28.2. The summed E-state index contributed by atoms with van der Waals surface area (Å²) in [5.74, 6) is 5.12. The summed E-state index contributed by atoms with van der Waals surface area (Å²) in [4.78, 5) is 135. The number of rotatable bonds is 39. The zero-order chi connectivity index (χ0) is 101. The van der Waals surface area contributed by atoms with E-state index in [0.717, 1.165) is 243 Å². The van der Waals surface area contributed by atoms with Crippen molar-refractivity contribution in [3.63, 3.8) is 0 Å². The van der Waals surface area contributed by atoms with Gasteiger partial charge in [-0.25, -0.2) is 19.2 Å². The molecule has 0 aromatic carbocycles. The van der Waals surface area contributed by atoms with Crippen molar-refractivity contribution < 1.29 is 91.8 Å². The molecule has 3 saturated heterocycles. The first kappa shape index (κ1) is 127. The molecule has 9 fully saturated rings. The van der Waals surface area contributed by atoms with E-state index >= 15 is 0 Å². The molecule has 39 nitrogen and oxygen atoms in total. The monoisotopic (exact) mass is 2040 g/mol. The average Bonchev–Trinajstić information content (AvgIpc) is 0.833. The molecule has 822 valence electrons. The summed E-state index contributed by atoms with van der Waals surface area (Å²) in [6.07, 6.45) is 32.0. The fourth-order valence-corrected chi connectivity index (χ4v) is 20.6. The Morgan fingerprint density at radius 3 is 0.993 bits per heavy atom. The van der Waals surface area contributed by atoms with Gasteiger partial charge in [0.05, 0.1) is 26.4 Å². The van der Waals surface area contributed by atoms with Crippen molar-refractivity contribution in [3.05, 3.63) is 18.2 Å². The van der Waals surface area contributed by atoms with Crippen LogP contribution < -0.4 is 77.3 Å². The van der Waals surface area contributed by atoms with Gasteiger partial charge in [0, 0.05) is 192 Å². The van der Waals surface area contributed by atoms with Crippen LogP contribution in [0.25, 0.3) is 0 Å². The van der Waals surface area contributed by atoms with Crippen LogP contribution in [-0.2, 0) is 38.1 Å². The number of aromatic nitrogens is 6. The molecule has 6 aliphatic carbocycles. The molecule has 40 heteroatoms. The number of nitrogens with two attached hydrogens (primary N) is 3. The Labute approximate surface area is 880 Å². The van der Waals surface area contributed by atoms with Crippen molar-refractivity contribution in [1.29, 1.82) is 0 Å². The van der Waals surface area contributed by atoms with Crippen LogP contribution in [0.15, 0.2) is 18.2 Å². The van der Waals surface area contributed by atoms with Gasteiger partial charge >= 0.3 is 61.1 Å². The largest absolute Gasteiger partial charge is 1.00 e. The number of hydrogen-bond acceptors (Lipinski definition) is 33. The number of nitrogens with zero attached hydrogens (tertiary/aromatic N) is 16. The average molecular weight is 2040 g/mol. The molecule has 0 bridgehead atoms. The third-order valence-corrected chi connectivity index (χ3v) is 28.2. The second-order valence-corrected chi connectivity index (χ2v) is 44.4. The Kier molecular flexibility index (Phi) is 55.3. The number of carbonyl (C=O) groups excluding carboxylic acids is 5. The van der Waals surface area contributed by atoms with Gasteiger partial charge in [-0.15, -0.1) is 0 Å². The Morgan fingerprint density at radius 1 is 0.379 bits per heavy atom. The number of nitrogens with one attached hydrogen (secondary N) is 5. The van der Waals surface area contributed by atoms with Crippen LogP contribution in [0.3, 0.4) is 0 Å². The normalized spacial score (nSPS) is 20.7. The van der Waals surface area contributed by atoms with Crippen LogP contribution in [-0.4, -0.2) is 345 Å². The SMILES string of the molecule is C.C.C.CC(C)(C)OC(=O)N(CCCN(C(=O)OC(C)(C)C)C1CCCCC1)CC1CCC(Nc2nc(N)cc(N3CCN(CCC(=O)O)CC3)n2)CC1.COC(=O)CCN1CCN(c2cc(N)nc(NC3CCC(CN(CCCN(C(=O)OC(C)(C)C)C4CCCCC4)C(=O)OC(C)(C)C)CC3)n2)CC1.Nc1cc(N2CCN(CCC(=O)O)CC2)nc(NC2CCC(CNCCCNC3CCCCC3)CC2)n1.[Li+].[OH-]. The van der Waals surface area contributed by atoms with Gasteiger partial charge in [0.2, 0.25) is 17.8 Å². The van der Waals surface area contributed by atoms with Crippen LogP contribution in [0, 0.1) is 17.8 Å². The van der Waals surface area contributed by atoms with Crippen molar-refractivity contribution in [2.75, 3.05) is 212 Å². The second kappa shape index (κ2) is 63.3. The fourth-order valence-electron chi connectivity index (χ4n) is 20.6. The van der Waals surface area contributed by atoms with E-state index in [0.29, 0.717) is 131 Å². The van der Waals surface area contributed by atoms with Gasteiger partial charge in [-0.3, -0.25) is 29.1 Å². The molecule has 3 aliphatic heterocycles. The third kappa shape index (κ3) is 47.4. The van der Waals surface area contributed by atoms with E-state index in [9.17, 15) is 33.6 Å². The van der Waals surface area contributed by atoms with E-state index in [1.165, 1.54) is 71.3 Å². The van der Waals surface area contributed by atoms with Gasteiger partial charge in [0.1, 0.15) is 57.3 Å². The predicted molar refractivity (Wildman–Crippen MR) is 574 cm³/mol. The van der Waals surface area contributed by atoms with Crippen LogP contribution >= 0.6 is 0 Å². The number of piperazine rings is 3. The number of ether oxygens (including phenoxy) is 5. The first-order valence-electron chi connectivity index (χ1n) is 53.2. The first-order chi connectivity index (χ1) is 66.7. The van der Waals surface area contributed by atoms with Gasteiger partial charge < -0.3 is 117 Å². The van der Waals surface area contributed by atoms with E-state index in [2.05, 4.69) is 70.9 Å². The van der Waals surface area contributed by atoms with Gasteiger partial charge in [-0.05, 0) is 255 Å². The van der Waals surface area contributed by atoms with Crippen LogP contribution in [0.5, 0.6) is 0 Å². The van der Waals surface area contributed by atoms with Crippen LogP contribution in [0.4, 0.5) is 71.9 Å². The van der Waals surface area contributed by atoms with Crippen LogP contribution in [0.2, 0.25) is 0 Å². The summed E-state index contributed by atoms with van der Waals surface area (Å²) in [7, 11) is 1.42. The number of amides is 4. The number of esters is 1. The van der Waals surface area contributed by atoms with Gasteiger partial charge in [0.15, 0.2) is 0 Å². The van der Waals surface area contributed by atoms with Crippen LogP contribution in [0.1, 0.15) is 317 Å². The maximum absolute atomic E-state index is 13.5. The molecule has 0 atom stereocenters. The number of anilines is 9. The molecule has 6 saturated carbocycles. The molecule has 14 N–H and O–H groups in total.